The molecule has 0 fully saturated rings. The molecule has 2 rings (SSSR count). The third kappa shape index (κ3) is 4.09. The third-order valence-corrected chi connectivity index (χ3v) is 4.56. The Morgan fingerprint density at radius 2 is 1.86 bits per heavy atom. The van der Waals surface area contributed by atoms with Gasteiger partial charge in [0, 0.05) is 22.8 Å². The monoisotopic (exact) mass is 347 g/mol. The maximum atomic E-state index is 13.7. The predicted molar refractivity (Wildman–Crippen MR) is 83.3 cm³/mol. The second-order valence-electron chi connectivity index (χ2n) is 4.50. The number of sulfone groups is 1. The summed E-state index contributed by atoms with van der Waals surface area (Å²) in [5.41, 5.74) is 0.780. The highest BCUT2D eigenvalue weighted by atomic mass is 35.5. The van der Waals surface area contributed by atoms with E-state index in [0.29, 0.717) is 15.6 Å². The van der Waals surface area contributed by atoms with Crippen LogP contribution in [0.15, 0.2) is 41.3 Å². The Balaban J connectivity index is 2.26. The summed E-state index contributed by atoms with van der Waals surface area (Å²) in [7, 11) is -3.39. The van der Waals surface area contributed by atoms with Gasteiger partial charge in [-0.1, -0.05) is 23.2 Å². The van der Waals surface area contributed by atoms with Crippen molar-refractivity contribution in [1.82, 2.24) is 0 Å². The zero-order chi connectivity index (χ0) is 15.6. The van der Waals surface area contributed by atoms with E-state index in [2.05, 4.69) is 5.32 Å². The lowest BCUT2D eigenvalue weighted by molar-refractivity contribution is 0.600. The minimum atomic E-state index is -3.39. The van der Waals surface area contributed by atoms with Gasteiger partial charge in [-0.3, -0.25) is 0 Å². The molecule has 0 aliphatic carbocycles. The Morgan fingerprint density at radius 3 is 2.52 bits per heavy atom. The Kier molecular flexibility index (Phi) is 4.76. The summed E-state index contributed by atoms with van der Waals surface area (Å²) in [6.45, 7) is 0.226. The molecule has 1 N–H and O–H groups in total. The van der Waals surface area contributed by atoms with Gasteiger partial charge in [0.2, 0.25) is 0 Å². The SMILES string of the molecule is CS(=O)(=O)c1ccc(F)c(NCc2cc(Cl)ccc2Cl)c1. The van der Waals surface area contributed by atoms with Crippen LogP contribution in [-0.2, 0) is 16.4 Å². The van der Waals surface area contributed by atoms with Gasteiger partial charge >= 0.3 is 0 Å². The van der Waals surface area contributed by atoms with Crippen LogP contribution in [0.4, 0.5) is 10.1 Å². The molecule has 0 radical (unpaired) electrons. The van der Waals surface area contributed by atoms with Crippen molar-refractivity contribution in [2.24, 2.45) is 0 Å². The van der Waals surface area contributed by atoms with E-state index in [-0.39, 0.29) is 17.1 Å². The average molecular weight is 348 g/mol. The molecule has 0 saturated carbocycles. The first-order valence-corrected chi connectivity index (χ1v) is 8.59. The number of benzene rings is 2. The fourth-order valence-electron chi connectivity index (χ4n) is 1.74. The summed E-state index contributed by atoms with van der Waals surface area (Å²) in [6.07, 6.45) is 1.07. The highest BCUT2D eigenvalue weighted by Gasteiger charge is 2.11. The van der Waals surface area contributed by atoms with Crippen molar-refractivity contribution in [2.75, 3.05) is 11.6 Å². The van der Waals surface area contributed by atoms with Crippen LogP contribution in [-0.4, -0.2) is 14.7 Å². The molecule has 7 heteroatoms. The van der Waals surface area contributed by atoms with E-state index in [9.17, 15) is 12.8 Å². The molecule has 0 spiro atoms. The highest BCUT2D eigenvalue weighted by molar-refractivity contribution is 7.90. The van der Waals surface area contributed by atoms with Crippen LogP contribution in [0, 0.1) is 5.82 Å². The van der Waals surface area contributed by atoms with E-state index in [1.807, 2.05) is 0 Å². The summed E-state index contributed by atoms with van der Waals surface area (Å²) < 4.78 is 36.7. The largest absolute Gasteiger partial charge is 0.379 e. The normalized spacial score (nSPS) is 11.4. The number of hydrogen-bond acceptors (Lipinski definition) is 3. The average Bonchev–Trinajstić information content (AvgIpc) is 2.40. The molecule has 0 aliphatic heterocycles. The molecule has 0 aromatic heterocycles. The Labute approximate surface area is 132 Å². The summed E-state index contributed by atoms with van der Waals surface area (Å²) in [5.74, 6) is -0.541. The molecule has 0 heterocycles. The Morgan fingerprint density at radius 1 is 1.14 bits per heavy atom. The van der Waals surface area contributed by atoms with Gasteiger partial charge in [-0.2, -0.15) is 0 Å². The predicted octanol–water partition coefficient (Wildman–Crippen LogP) is 4.15. The molecule has 0 aliphatic rings. The van der Waals surface area contributed by atoms with Crippen LogP contribution >= 0.6 is 23.2 Å². The molecule has 2 aromatic carbocycles. The molecule has 2 aromatic rings. The van der Waals surface area contributed by atoms with Gasteiger partial charge in [-0.25, -0.2) is 12.8 Å². The minimum absolute atomic E-state index is 0.0450. The molecule has 0 saturated heterocycles. The maximum Gasteiger partial charge on any atom is 0.175 e. The number of rotatable bonds is 4. The van der Waals surface area contributed by atoms with Crippen LogP contribution in [0.3, 0.4) is 0 Å². The quantitative estimate of drug-likeness (QED) is 0.845. The number of nitrogens with one attached hydrogen (secondary N) is 1. The zero-order valence-electron chi connectivity index (χ0n) is 11.0. The second-order valence-corrected chi connectivity index (χ2v) is 7.36. The maximum absolute atomic E-state index is 13.7. The van der Waals surface area contributed by atoms with E-state index in [1.54, 1.807) is 18.2 Å². The van der Waals surface area contributed by atoms with Crippen molar-refractivity contribution in [3.8, 4) is 0 Å². The van der Waals surface area contributed by atoms with Crippen molar-refractivity contribution >= 4 is 38.7 Å². The van der Waals surface area contributed by atoms with Gasteiger partial charge in [0.1, 0.15) is 5.82 Å². The van der Waals surface area contributed by atoms with E-state index in [1.165, 1.54) is 12.1 Å². The molecule has 0 atom stereocenters. The van der Waals surface area contributed by atoms with Crippen molar-refractivity contribution in [2.45, 2.75) is 11.4 Å². The first kappa shape index (κ1) is 16.1. The van der Waals surface area contributed by atoms with Crippen molar-refractivity contribution in [1.29, 1.82) is 0 Å². The standard InChI is InChI=1S/C14H12Cl2FNO2S/c1-21(19,20)11-3-5-13(17)14(7-11)18-8-9-6-10(15)2-4-12(9)16/h2-7,18H,8H2,1H3. The molecule has 21 heavy (non-hydrogen) atoms. The second kappa shape index (κ2) is 6.22. The lowest BCUT2D eigenvalue weighted by atomic mass is 10.2. The van der Waals surface area contributed by atoms with Crippen molar-refractivity contribution in [3.05, 3.63) is 57.8 Å². The van der Waals surface area contributed by atoms with Gasteiger partial charge < -0.3 is 5.32 Å². The molecular weight excluding hydrogens is 336 g/mol. The van der Waals surface area contributed by atoms with Crippen molar-refractivity contribution < 1.29 is 12.8 Å². The summed E-state index contributed by atoms with van der Waals surface area (Å²) in [6, 6.07) is 8.54. The lowest BCUT2D eigenvalue weighted by Gasteiger charge is -2.10. The molecule has 0 amide bonds. The topological polar surface area (TPSA) is 46.2 Å². The summed E-state index contributed by atoms with van der Waals surface area (Å²) in [4.78, 5) is 0.0450. The smallest absolute Gasteiger partial charge is 0.175 e. The fraction of sp³-hybridized carbons (Fsp3) is 0.143. The summed E-state index contributed by atoms with van der Waals surface area (Å²) >= 11 is 11.9. The van der Waals surface area contributed by atoms with E-state index in [4.69, 9.17) is 23.2 Å². The first-order valence-electron chi connectivity index (χ1n) is 5.95. The molecule has 0 bridgehead atoms. The van der Waals surface area contributed by atoms with Crippen LogP contribution in [0.5, 0.6) is 0 Å². The van der Waals surface area contributed by atoms with Crippen molar-refractivity contribution in [3.63, 3.8) is 0 Å². The van der Waals surface area contributed by atoms with Gasteiger partial charge in [0.05, 0.1) is 10.6 Å². The highest BCUT2D eigenvalue weighted by Crippen LogP contribution is 2.24. The van der Waals surface area contributed by atoms with Gasteiger partial charge in [0.15, 0.2) is 9.84 Å². The van der Waals surface area contributed by atoms with Crippen LogP contribution < -0.4 is 5.32 Å². The number of hydrogen-bond donors (Lipinski definition) is 1. The Hall–Kier alpha value is -1.30. The fourth-order valence-corrected chi connectivity index (χ4v) is 2.77. The Bertz CT molecular complexity index is 779. The third-order valence-electron chi connectivity index (χ3n) is 2.84. The summed E-state index contributed by atoms with van der Waals surface area (Å²) in [5, 5.41) is 3.83. The van der Waals surface area contributed by atoms with E-state index >= 15 is 0 Å². The number of halogens is 3. The molecule has 0 unspecified atom stereocenters. The van der Waals surface area contributed by atoms with E-state index < -0.39 is 15.7 Å². The minimum Gasteiger partial charge on any atom is -0.379 e. The zero-order valence-corrected chi connectivity index (χ0v) is 13.4. The molecular formula is C14H12Cl2FNO2S. The van der Waals surface area contributed by atoms with Gasteiger partial charge in [-0.15, -0.1) is 0 Å². The van der Waals surface area contributed by atoms with Crippen LogP contribution in [0.2, 0.25) is 10.0 Å². The first-order chi connectivity index (χ1) is 9.77. The lowest BCUT2D eigenvalue weighted by Crippen LogP contribution is -2.04. The van der Waals surface area contributed by atoms with Gasteiger partial charge in [0.25, 0.3) is 0 Å². The van der Waals surface area contributed by atoms with Crippen LogP contribution in [0.1, 0.15) is 5.56 Å². The molecule has 112 valence electrons. The van der Waals surface area contributed by atoms with E-state index in [0.717, 1.165) is 12.3 Å². The van der Waals surface area contributed by atoms with Crippen LogP contribution in [0.25, 0.3) is 0 Å². The van der Waals surface area contributed by atoms with Gasteiger partial charge in [-0.05, 0) is 42.0 Å². The number of anilines is 1. The molecule has 3 nitrogen and oxygen atoms in total.